The van der Waals surface area contributed by atoms with Gasteiger partial charge in [0.1, 0.15) is 5.57 Å². The monoisotopic (exact) mass is 382 g/mol. The smallest absolute Gasteiger partial charge is 0.265 e. The number of carbonyl (C=O) groups is 2. The average Bonchev–Trinajstić information content (AvgIpc) is 2.58. The highest BCUT2D eigenvalue weighted by molar-refractivity contribution is 7.80. The number of nitrogens with one attached hydrogen (secondary N) is 1. The number of hydrogen-bond donors (Lipinski definition) is 1. The van der Waals surface area contributed by atoms with Crippen LogP contribution >= 0.6 is 23.8 Å². The second-order valence-corrected chi connectivity index (χ2v) is 6.35. The molecule has 1 aromatic carbocycles. The maximum atomic E-state index is 12.3. The molecule has 0 saturated carbocycles. The lowest BCUT2D eigenvalue weighted by molar-refractivity contribution is -0.128. The zero-order valence-electron chi connectivity index (χ0n) is 14.4. The van der Waals surface area contributed by atoms with E-state index in [-0.39, 0.29) is 16.8 Å². The Morgan fingerprint density at radius 1 is 1.40 bits per heavy atom. The van der Waals surface area contributed by atoms with Crippen LogP contribution in [-0.2, 0) is 9.59 Å². The third kappa shape index (κ3) is 4.11. The van der Waals surface area contributed by atoms with E-state index in [0.29, 0.717) is 22.1 Å². The molecule has 1 aliphatic heterocycles. The van der Waals surface area contributed by atoms with Crippen molar-refractivity contribution in [3.63, 3.8) is 0 Å². The van der Waals surface area contributed by atoms with E-state index in [0.717, 1.165) is 6.42 Å². The Morgan fingerprint density at radius 2 is 2.08 bits per heavy atom. The van der Waals surface area contributed by atoms with Crippen molar-refractivity contribution in [2.75, 3.05) is 14.2 Å². The molecule has 0 aromatic heterocycles. The average molecular weight is 383 g/mol. The zero-order chi connectivity index (χ0) is 18.7. The topological polar surface area (TPSA) is 67.9 Å². The van der Waals surface area contributed by atoms with E-state index in [1.807, 2.05) is 13.8 Å². The van der Waals surface area contributed by atoms with Crippen molar-refractivity contribution in [2.24, 2.45) is 0 Å². The molecular formula is C17H19ClN2O4S. The van der Waals surface area contributed by atoms with Crippen molar-refractivity contribution >= 4 is 46.8 Å². The normalized spacial score (nSPS) is 17.6. The van der Waals surface area contributed by atoms with Crippen LogP contribution in [0.5, 0.6) is 11.5 Å². The van der Waals surface area contributed by atoms with Crippen molar-refractivity contribution in [3.05, 3.63) is 28.3 Å². The third-order valence-electron chi connectivity index (χ3n) is 3.76. The van der Waals surface area contributed by atoms with Gasteiger partial charge >= 0.3 is 0 Å². The van der Waals surface area contributed by atoms with Crippen LogP contribution < -0.4 is 14.8 Å². The van der Waals surface area contributed by atoms with Crippen molar-refractivity contribution in [1.82, 2.24) is 10.2 Å². The number of halogens is 1. The molecule has 134 valence electrons. The van der Waals surface area contributed by atoms with Crippen LogP contribution in [0.25, 0.3) is 6.08 Å². The fraction of sp³-hybridized carbons (Fsp3) is 0.353. The van der Waals surface area contributed by atoms with Crippen LogP contribution in [0.2, 0.25) is 5.02 Å². The Hall–Kier alpha value is -2.12. The minimum atomic E-state index is -0.553. The molecule has 25 heavy (non-hydrogen) atoms. The summed E-state index contributed by atoms with van der Waals surface area (Å²) in [6.45, 7) is 3.92. The molecule has 8 heteroatoms. The van der Waals surface area contributed by atoms with Gasteiger partial charge in [0.2, 0.25) is 0 Å². The minimum absolute atomic E-state index is 0.0315. The number of hydrogen-bond acceptors (Lipinski definition) is 5. The van der Waals surface area contributed by atoms with Crippen LogP contribution in [0.1, 0.15) is 25.8 Å². The van der Waals surface area contributed by atoms with Gasteiger partial charge in [0, 0.05) is 7.05 Å². The predicted octanol–water partition coefficient (Wildman–Crippen LogP) is 2.78. The summed E-state index contributed by atoms with van der Waals surface area (Å²) in [5.74, 6) is -0.183. The summed E-state index contributed by atoms with van der Waals surface area (Å²) in [4.78, 5) is 25.5. The van der Waals surface area contributed by atoms with E-state index in [1.54, 1.807) is 12.1 Å². The zero-order valence-corrected chi connectivity index (χ0v) is 16.0. The van der Waals surface area contributed by atoms with Crippen LogP contribution in [0.15, 0.2) is 17.7 Å². The fourth-order valence-corrected chi connectivity index (χ4v) is 2.57. The first kappa shape index (κ1) is 19.2. The molecule has 0 aliphatic carbocycles. The molecule has 1 heterocycles. The number of amides is 2. The highest BCUT2D eigenvalue weighted by atomic mass is 35.5. The molecule has 0 radical (unpaired) electrons. The van der Waals surface area contributed by atoms with Gasteiger partial charge in [-0.05, 0) is 49.3 Å². The summed E-state index contributed by atoms with van der Waals surface area (Å²) in [6.07, 6.45) is 2.22. The summed E-state index contributed by atoms with van der Waals surface area (Å²) < 4.78 is 11.1. The third-order valence-corrected chi connectivity index (χ3v) is 4.42. The molecule has 1 atom stereocenters. The number of carbonyl (C=O) groups excluding carboxylic acids is 2. The predicted molar refractivity (Wildman–Crippen MR) is 99.9 cm³/mol. The Labute approximate surface area is 156 Å². The van der Waals surface area contributed by atoms with Crippen LogP contribution in [-0.4, -0.2) is 42.1 Å². The van der Waals surface area contributed by atoms with Crippen LogP contribution in [0.4, 0.5) is 0 Å². The Balaban J connectivity index is 2.43. The first-order valence-electron chi connectivity index (χ1n) is 7.67. The molecule has 1 aromatic rings. The van der Waals surface area contributed by atoms with Crippen molar-refractivity contribution in [2.45, 2.75) is 26.4 Å². The van der Waals surface area contributed by atoms with Gasteiger partial charge in [0.05, 0.1) is 18.2 Å². The molecule has 6 nitrogen and oxygen atoms in total. The maximum absolute atomic E-state index is 12.3. The number of rotatable bonds is 5. The number of benzene rings is 1. The Kier molecular flexibility index (Phi) is 6.02. The Morgan fingerprint density at radius 3 is 2.68 bits per heavy atom. The largest absolute Gasteiger partial charge is 0.493 e. The number of nitrogens with zero attached hydrogens (tertiary/aromatic N) is 1. The molecule has 2 rings (SSSR count). The first-order chi connectivity index (χ1) is 11.8. The molecule has 1 N–H and O–H groups in total. The number of methoxy groups -OCH3 is 1. The van der Waals surface area contributed by atoms with Gasteiger partial charge in [-0.25, -0.2) is 0 Å². The number of thiocarbonyl (C=S) groups is 1. The van der Waals surface area contributed by atoms with Gasteiger partial charge in [-0.2, -0.15) is 0 Å². The Bertz CT molecular complexity index is 763. The van der Waals surface area contributed by atoms with Crippen molar-refractivity contribution < 1.29 is 19.1 Å². The van der Waals surface area contributed by atoms with Crippen molar-refractivity contribution in [3.8, 4) is 11.5 Å². The van der Waals surface area contributed by atoms with E-state index in [1.165, 1.54) is 25.1 Å². The van der Waals surface area contributed by atoms with Crippen molar-refractivity contribution in [1.29, 1.82) is 0 Å². The molecule has 1 aliphatic rings. The molecule has 2 amide bonds. The summed E-state index contributed by atoms with van der Waals surface area (Å²) in [6, 6.07) is 3.27. The SMILES string of the molecule is CC[C@H](C)Oc1c(Cl)cc(/C=C2\C(=O)NC(=S)N(C)C2=O)cc1OC. The lowest BCUT2D eigenvalue weighted by Gasteiger charge is -2.25. The van der Waals surface area contributed by atoms with Gasteiger partial charge in [-0.1, -0.05) is 18.5 Å². The van der Waals surface area contributed by atoms with E-state index in [2.05, 4.69) is 5.32 Å². The van der Waals surface area contributed by atoms with Crippen LogP contribution in [0, 0.1) is 0 Å². The molecule has 0 bridgehead atoms. The van der Waals surface area contributed by atoms with Gasteiger partial charge in [0.25, 0.3) is 11.8 Å². The summed E-state index contributed by atoms with van der Waals surface area (Å²) in [5.41, 5.74) is 0.503. The van der Waals surface area contributed by atoms with Gasteiger partial charge in [0.15, 0.2) is 16.6 Å². The van der Waals surface area contributed by atoms with Gasteiger partial charge < -0.3 is 9.47 Å². The van der Waals surface area contributed by atoms with E-state index >= 15 is 0 Å². The van der Waals surface area contributed by atoms with E-state index in [9.17, 15) is 9.59 Å². The second kappa shape index (κ2) is 7.84. The summed E-state index contributed by atoms with van der Waals surface area (Å²) in [5, 5.41) is 2.86. The number of ether oxygens (including phenoxy) is 2. The van der Waals surface area contributed by atoms with E-state index < -0.39 is 11.8 Å². The highest BCUT2D eigenvalue weighted by Crippen LogP contribution is 2.38. The lowest BCUT2D eigenvalue weighted by Crippen LogP contribution is -2.52. The summed E-state index contributed by atoms with van der Waals surface area (Å²) in [7, 11) is 2.99. The molecule has 0 spiro atoms. The maximum Gasteiger partial charge on any atom is 0.265 e. The number of likely N-dealkylation sites (N-methyl/N-ethyl adjacent to an activating group) is 1. The standard InChI is InChI=1S/C17H19ClN2O4S/c1-5-9(2)24-14-12(18)7-10(8-13(14)23-4)6-11-15(21)19-17(25)20(3)16(11)22/h6-9H,5H2,1-4H3,(H,19,21,25)/b11-6+/t9-/m0/s1. The highest BCUT2D eigenvalue weighted by Gasteiger charge is 2.30. The first-order valence-corrected chi connectivity index (χ1v) is 8.46. The quantitative estimate of drug-likeness (QED) is 0.482. The second-order valence-electron chi connectivity index (χ2n) is 5.55. The van der Waals surface area contributed by atoms with Gasteiger partial charge in [-0.3, -0.25) is 19.8 Å². The van der Waals surface area contributed by atoms with E-state index in [4.69, 9.17) is 33.3 Å². The lowest BCUT2D eigenvalue weighted by atomic mass is 10.1. The minimum Gasteiger partial charge on any atom is -0.493 e. The fourth-order valence-electron chi connectivity index (χ4n) is 2.13. The molecular weight excluding hydrogens is 364 g/mol. The van der Waals surface area contributed by atoms with Crippen LogP contribution in [0.3, 0.4) is 0 Å². The molecule has 1 saturated heterocycles. The molecule has 0 unspecified atom stereocenters. The molecule has 1 fully saturated rings. The van der Waals surface area contributed by atoms with Gasteiger partial charge in [-0.15, -0.1) is 0 Å². The summed E-state index contributed by atoms with van der Waals surface area (Å²) >= 11 is 11.2.